The third-order valence-electron chi connectivity index (χ3n) is 2.57. The molecule has 0 aliphatic rings. The zero-order valence-corrected chi connectivity index (χ0v) is 11.3. The number of hydrogen-bond acceptors (Lipinski definition) is 1. The highest BCUT2D eigenvalue weighted by molar-refractivity contribution is 6.52. The molecule has 1 nitrogen and oxygen atoms in total. The molecule has 0 saturated carbocycles. The van der Waals surface area contributed by atoms with E-state index in [4.69, 9.17) is 50.8 Å². The minimum atomic E-state index is 0.309. The summed E-state index contributed by atoms with van der Waals surface area (Å²) in [4.78, 5) is 0. The van der Waals surface area contributed by atoms with Crippen LogP contribution in [0.3, 0.4) is 0 Å². The Labute approximate surface area is 117 Å². The molecule has 3 rings (SSSR count). The van der Waals surface area contributed by atoms with E-state index in [1.165, 1.54) is 0 Å². The van der Waals surface area contributed by atoms with Crippen molar-refractivity contribution >= 4 is 68.3 Å². The lowest BCUT2D eigenvalue weighted by Gasteiger charge is -2.00. The van der Waals surface area contributed by atoms with Crippen LogP contribution in [0.15, 0.2) is 28.7 Å². The molecule has 0 bridgehead atoms. The molecule has 1 heterocycles. The number of furan rings is 1. The molecule has 0 amide bonds. The van der Waals surface area contributed by atoms with E-state index in [2.05, 4.69) is 0 Å². The molecule has 2 aromatic carbocycles. The summed E-state index contributed by atoms with van der Waals surface area (Å²) in [5, 5.41) is 3.06. The van der Waals surface area contributed by atoms with Gasteiger partial charge in [0, 0.05) is 16.8 Å². The first-order valence-corrected chi connectivity index (χ1v) is 6.25. The van der Waals surface area contributed by atoms with Gasteiger partial charge in [-0.2, -0.15) is 0 Å². The monoisotopic (exact) mass is 304 g/mol. The Balaban J connectivity index is 2.65. The van der Waals surface area contributed by atoms with Crippen LogP contribution in [0.2, 0.25) is 20.1 Å². The van der Waals surface area contributed by atoms with Crippen molar-refractivity contribution in [1.82, 2.24) is 0 Å². The predicted octanol–water partition coefficient (Wildman–Crippen LogP) is 6.20. The zero-order valence-electron chi connectivity index (χ0n) is 8.23. The fourth-order valence-corrected chi connectivity index (χ4v) is 2.78. The van der Waals surface area contributed by atoms with E-state index in [1.807, 2.05) is 12.1 Å². The highest BCUT2D eigenvalue weighted by Crippen LogP contribution is 2.43. The molecular weight excluding hydrogens is 302 g/mol. The first-order valence-electron chi connectivity index (χ1n) is 4.74. The maximum atomic E-state index is 6.19. The van der Waals surface area contributed by atoms with Crippen LogP contribution in [-0.2, 0) is 0 Å². The number of benzene rings is 2. The third kappa shape index (κ3) is 1.61. The minimum absolute atomic E-state index is 0.309. The van der Waals surface area contributed by atoms with Crippen LogP contribution in [0.1, 0.15) is 0 Å². The van der Waals surface area contributed by atoms with Gasteiger partial charge in [-0.15, -0.1) is 0 Å². The van der Waals surface area contributed by atoms with Crippen molar-refractivity contribution in [2.45, 2.75) is 0 Å². The SMILES string of the molecule is Clc1cc2oc3cccc(Cl)c3c2c(Cl)c1Cl. The second-order valence-corrected chi connectivity index (χ2v) is 5.14. The number of hydrogen-bond donors (Lipinski definition) is 0. The molecule has 0 unspecified atom stereocenters. The average molecular weight is 306 g/mol. The molecule has 0 N–H and O–H groups in total. The zero-order chi connectivity index (χ0) is 12.2. The molecule has 86 valence electrons. The van der Waals surface area contributed by atoms with Crippen molar-refractivity contribution in [2.75, 3.05) is 0 Å². The molecular formula is C12H4Cl4O. The van der Waals surface area contributed by atoms with Crippen molar-refractivity contribution < 1.29 is 4.42 Å². The summed E-state index contributed by atoms with van der Waals surface area (Å²) < 4.78 is 5.64. The van der Waals surface area contributed by atoms with Crippen LogP contribution in [0.25, 0.3) is 21.9 Å². The Morgan fingerprint density at radius 1 is 0.765 bits per heavy atom. The Bertz CT molecular complexity index is 745. The largest absolute Gasteiger partial charge is 0.456 e. The van der Waals surface area contributed by atoms with Gasteiger partial charge in [0.05, 0.1) is 20.1 Å². The van der Waals surface area contributed by atoms with E-state index >= 15 is 0 Å². The fraction of sp³-hybridized carbons (Fsp3) is 0. The number of halogens is 4. The molecule has 1 aromatic heterocycles. The summed E-state index contributed by atoms with van der Waals surface area (Å²) in [7, 11) is 0. The molecule has 0 aliphatic heterocycles. The van der Waals surface area contributed by atoms with Gasteiger partial charge in [0.25, 0.3) is 0 Å². The van der Waals surface area contributed by atoms with Crippen LogP contribution in [-0.4, -0.2) is 0 Å². The standard InChI is InChI=1S/C12H4Cl4O/c13-5-2-1-3-7-9(5)10-8(17-7)4-6(14)11(15)12(10)16/h1-4H. The van der Waals surface area contributed by atoms with Crippen molar-refractivity contribution in [3.63, 3.8) is 0 Å². The van der Waals surface area contributed by atoms with E-state index in [-0.39, 0.29) is 0 Å². The van der Waals surface area contributed by atoms with Gasteiger partial charge in [-0.1, -0.05) is 52.5 Å². The number of fused-ring (bicyclic) bond motifs is 3. The summed E-state index contributed by atoms with van der Waals surface area (Å²) in [6, 6.07) is 7.04. The van der Waals surface area contributed by atoms with E-state index in [9.17, 15) is 0 Å². The lowest BCUT2D eigenvalue weighted by Crippen LogP contribution is -1.75. The molecule has 0 spiro atoms. The first kappa shape index (κ1) is 11.5. The fourth-order valence-electron chi connectivity index (χ4n) is 1.84. The second-order valence-electron chi connectivity index (χ2n) is 3.57. The molecule has 3 aromatic rings. The smallest absolute Gasteiger partial charge is 0.138 e. The minimum Gasteiger partial charge on any atom is -0.456 e. The maximum absolute atomic E-state index is 6.19. The average Bonchev–Trinajstić information content (AvgIpc) is 2.65. The molecule has 5 heteroatoms. The Kier molecular flexibility index (Phi) is 2.68. The molecule has 0 fully saturated rings. The Hall–Kier alpha value is -0.600. The quantitative estimate of drug-likeness (QED) is 0.451. The summed E-state index contributed by atoms with van der Waals surface area (Å²) in [5.41, 5.74) is 1.24. The van der Waals surface area contributed by atoms with Crippen molar-refractivity contribution in [3.8, 4) is 0 Å². The maximum Gasteiger partial charge on any atom is 0.138 e. The van der Waals surface area contributed by atoms with Crippen LogP contribution in [0.4, 0.5) is 0 Å². The van der Waals surface area contributed by atoms with Crippen LogP contribution < -0.4 is 0 Å². The van der Waals surface area contributed by atoms with Gasteiger partial charge in [0.2, 0.25) is 0 Å². The molecule has 0 atom stereocenters. The van der Waals surface area contributed by atoms with Crippen molar-refractivity contribution in [1.29, 1.82) is 0 Å². The van der Waals surface area contributed by atoms with Gasteiger partial charge in [-0.3, -0.25) is 0 Å². The van der Waals surface area contributed by atoms with E-state index < -0.39 is 0 Å². The van der Waals surface area contributed by atoms with Gasteiger partial charge in [0.1, 0.15) is 11.2 Å². The first-order chi connectivity index (χ1) is 8.09. The second kappa shape index (κ2) is 3.96. The van der Waals surface area contributed by atoms with Gasteiger partial charge in [0.15, 0.2) is 0 Å². The summed E-state index contributed by atoms with van der Waals surface area (Å²) in [6.45, 7) is 0. The van der Waals surface area contributed by atoms with Crippen LogP contribution >= 0.6 is 46.4 Å². The van der Waals surface area contributed by atoms with Gasteiger partial charge >= 0.3 is 0 Å². The topological polar surface area (TPSA) is 13.1 Å². The lowest BCUT2D eigenvalue weighted by molar-refractivity contribution is 0.669. The molecule has 0 aliphatic carbocycles. The number of rotatable bonds is 0. The van der Waals surface area contributed by atoms with Crippen LogP contribution in [0.5, 0.6) is 0 Å². The van der Waals surface area contributed by atoms with Crippen molar-refractivity contribution in [2.24, 2.45) is 0 Å². The molecule has 0 radical (unpaired) electrons. The van der Waals surface area contributed by atoms with E-state index in [0.29, 0.717) is 36.6 Å². The third-order valence-corrected chi connectivity index (χ3v) is 4.15. The molecule has 0 saturated heterocycles. The lowest BCUT2D eigenvalue weighted by atomic mass is 10.1. The Morgan fingerprint density at radius 3 is 2.29 bits per heavy atom. The normalized spacial score (nSPS) is 11.5. The van der Waals surface area contributed by atoms with Crippen molar-refractivity contribution in [3.05, 3.63) is 44.4 Å². The highest BCUT2D eigenvalue weighted by Gasteiger charge is 2.17. The highest BCUT2D eigenvalue weighted by atomic mass is 35.5. The predicted molar refractivity (Wildman–Crippen MR) is 73.8 cm³/mol. The summed E-state index contributed by atoms with van der Waals surface area (Å²) in [6.07, 6.45) is 0. The van der Waals surface area contributed by atoms with Gasteiger partial charge in [-0.05, 0) is 12.1 Å². The van der Waals surface area contributed by atoms with Crippen LogP contribution in [0, 0.1) is 0 Å². The molecule has 17 heavy (non-hydrogen) atoms. The summed E-state index contributed by atoms with van der Waals surface area (Å²) in [5.74, 6) is 0. The van der Waals surface area contributed by atoms with E-state index in [1.54, 1.807) is 12.1 Å². The van der Waals surface area contributed by atoms with E-state index in [0.717, 1.165) is 5.39 Å². The van der Waals surface area contributed by atoms with Gasteiger partial charge in [-0.25, -0.2) is 0 Å². The summed E-state index contributed by atoms with van der Waals surface area (Å²) >= 11 is 24.3. The van der Waals surface area contributed by atoms with Gasteiger partial charge < -0.3 is 4.42 Å². The Morgan fingerprint density at radius 2 is 1.53 bits per heavy atom.